The molecule has 4 N–H and O–H groups in total. The van der Waals surface area contributed by atoms with Crippen LogP contribution in [-0.2, 0) is 19.2 Å². The van der Waals surface area contributed by atoms with Crippen LogP contribution in [0.4, 0.5) is 4.79 Å². The molecular formula is C28H44N4O6. The molecule has 2 aliphatic carbocycles. The minimum atomic E-state index is -1.35. The predicted octanol–water partition coefficient (Wildman–Crippen LogP) is 2.77. The van der Waals surface area contributed by atoms with Gasteiger partial charge in [-0.15, -0.1) is 0 Å². The van der Waals surface area contributed by atoms with Crippen molar-refractivity contribution in [2.45, 2.75) is 103 Å². The van der Waals surface area contributed by atoms with Crippen LogP contribution in [0.3, 0.4) is 0 Å². The molecule has 3 rings (SSSR count). The molecule has 4 atom stereocenters. The predicted molar refractivity (Wildman–Crippen MR) is 142 cm³/mol. The number of aliphatic carboxylic acids is 1. The standard InChI is InChI=1S/C28H44N4O6/c1-5-6-7-8-9-11-20-16-28(20,25(36)37)31-24(35)27(4)14-10-15-32(27)21(33)17-29-26(38)30-22(18(2)3)23(34)19-12-13-19/h9,11,18-20,22H,5-8,10,12-17H2,1-4H3,(H,31,35)(H,36,37)(H2,29,30,38)/b11-9-/t20?,22-,27?,28+/m0/s1. The fraction of sp³-hybridized carbons (Fsp3) is 0.750. The number of carboxylic acid groups (broad SMARTS) is 1. The SMILES string of the molecule is CCCCC/C=C\C1C[C@]1(NC(=O)C1(C)CCCN1C(=O)CNC(=O)N[C@H](C(=O)C1CC1)C(C)C)C(=O)O. The molecule has 0 aromatic carbocycles. The fourth-order valence-corrected chi connectivity index (χ4v) is 5.30. The summed E-state index contributed by atoms with van der Waals surface area (Å²) in [6.45, 7) is 7.50. The summed E-state index contributed by atoms with van der Waals surface area (Å²) in [6, 6.07) is -1.22. The lowest BCUT2D eigenvalue weighted by molar-refractivity contribution is -0.148. The molecule has 1 heterocycles. The average molecular weight is 533 g/mol. The van der Waals surface area contributed by atoms with E-state index in [4.69, 9.17) is 0 Å². The number of carboxylic acids is 1. The summed E-state index contributed by atoms with van der Waals surface area (Å²) in [7, 11) is 0. The number of carbonyl (C=O) groups is 5. The Balaban J connectivity index is 1.56. The molecular weight excluding hydrogens is 488 g/mol. The Labute approximate surface area is 225 Å². The molecule has 4 amide bonds. The minimum absolute atomic E-state index is 0.00450. The number of hydrogen-bond acceptors (Lipinski definition) is 5. The van der Waals surface area contributed by atoms with Gasteiger partial charge in [0, 0.05) is 18.4 Å². The van der Waals surface area contributed by atoms with Crippen molar-refractivity contribution in [3.8, 4) is 0 Å². The monoisotopic (exact) mass is 532 g/mol. The Morgan fingerprint density at radius 3 is 2.45 bits per heavy atom. The topological polar surface area (TPSA) is 145 Å². The van der Waals surface area contributed by atoms with Crippen molar-refractivity contribution in [1.82, 2.24) is 20.9 Å². The van der Waals surface area contributed by atoms with Gasteiger partial charge in [-0.2, -0.15) is 0 Å². The normalized spacial score (nSPS) is 27.3. The van der Waals surface area contributed by atoms with Gasteiger partial charge in [-0.05, 0) is 57.8 Å². The lowest BCUT2D eigenvalue weighted by Gasteiger charge is -2.35. The van der Waals surface area contributed by atoms with E-state index in [0.717, 1.165) is 38.5 Å². The number of nitrogens with one attached hydrogen (secondary N) is 3. The van der Waals surface area contributed by atoms with E-state index < -0.39 is 40.9 Å². The maximum absolute atomic E-state index is 13.4. The van der Waals surface area contributed by atoms with Crippen molar-refractivity contribution in [3.05, 3.63) is 12.2 Å². The van der Waals surface area contributed by atoms with E-state index in [1.807, 2.05) is 26.0 Å². The van der Waals surface area contributed by atoms with Crippen molar-refractivity contribution >= 4 is 29.6 Å². The number of nitrogens with zero attached hydrogens (tertiary/aromatic N) is 1. The Bertz CT molecular complexity index is 961. The van der Waals surface area contributed by atoms with E-state index in [9.17, 15) is 29.1 Å². The van der Waals surface area contributed by atoms with Gasteiger partial charge in [0.2, 0.25) is 11.8 Å². The molecule has 212 valence electrons. The van der Waals surface area contributed by atoms with E-state index in [1.165, 1.54) is 4.90 Å². The Morgan fingerprint density at radius 2 is 1.84 bits per heavy atom. The highest BCUT2D eigenvalue weighted by Crippen LogP contribution is 2.46. The van der Waals surface area contributed by atoms with Gasteiger partial charge in [0.1, 0.15) is 11.1 Å². The van der Waals surface area contributed by atoms with Crippen LogP contribution in [0.25, 0.3) is 0 Å². The van der Waals surface area contributed by atoms with Crippen molar-refractivity contribution in [2.75, 3.05) is 13.1 Å². The van der Waals surface area contributed by atoms with Crippen molar-refractivity contribution in [3.63, 3.8) is 0 Å². The van der Waals surface area contributed by atoms with Crippen LogP contribution >= 0.6 is 0 Å². The van der Waals surface area contributed by atoms with E-state index in [2.05, 4.69) is 22.9 Å². The average Bonchev–Trinajstić information content (AvgIpc) is 3.78. The number of amides is 4. The quantitative estimate of drug-likeness (QED) is 0.200. The summed E-state index contributed by atoms with van der Waals surface area (Å²) in [4.78, 5) is 64.9. The largest absolute Gasteiger partial charge is 0.479 e. The number of ketones is 1. The maximum atomic E-state index is 13.4. The zero-order valence-electron chi connectivity index (χ0n) is 23.2. The highest BCUT2D eigenvalue weighted by atomic mass is 16.4. The fourth-order valence-electron chi connectivity index (χ4n) is 5.30. The number of Topliss-reactive ketones (excluding diaryl/α,β-unsaturated/α-hetero) is 1. The summed E-state index contributed by atoms with van der Waals surface area (Å²) in [6.07, 6.45) is 11.0. The smallest absolute Gasteiger partial charge is 0.330 e. The van der Waals surface area contributed by atoms with Crippen LogP contribution < -0.4 is 16.0 Å². The first-order valence-corrected chi connectivity index (χ1v) is 14.1. The molecule has 2 unspecified atom stereocenters. The van der Waals surface area contributed by atoms with E-state index in [-0.39, 0.29) is 30.1 Å². The van der Waals surface area contributed by atoms with Gasteiger partial charge in [0.05, 0.1) is 12.6 Å². The van der Waals surface area contributed by atoms with E-state index in [0.29, 0.717) is 25.8 Å². The number of likely N-dealkylation sites (tertiary alicyclic amines) is 1. The number of carbonyl (C=O) groups excluding carboxylic acids is 4. The first-order chi connectivity index (χ1) is 18.0. The number of allylic oxidation sites excluding steroid dienone is 1. The maximum Gasteiger partial charge on any atom is 0.330 e. The second-order valence-electron chi connectivity index (χ2n) is 11.6. The molecule has 2 saturated carbocycles. The number of unbranched alkanes of at least 4 members (excludes halogenated alkanes) is 3. The molecule has 3 fully saturated rings. The van der Waals surface area contributed by atoms with Crippen LogP contribution in [0.15, 0.2) is 12.2 Å². The van der Waals surface area contributed by atoms with Crippen LogP contribution in [0.2, 0.25) is 0 Å². The summed E-state index contributed by atoms with van der Waals surface area (Å²) in [5.74, 6) is -2.33. The molecule has 3 aliphatic rings. The Morgan fingerprint density at radius 1 is 1.13 bits per heavy atom. The first-order valence-electron chi connectivity index (χ1n) is 14.1. The minimum Gasteiger partial charge on any atom is -0.479 e. The van der Waals surface area contributed by atoms with Gasteiger partial charge >= 0.3 is 12.0 Å². The molecule has 0 radical (unpaired) electrons. The number of urea groups is 1. The third-order valence-corrected chi connectivity index (χ3v) is 8.15. The van der Waals surface area contributed by atoms with Gasteiger partial charge in [-0.3, -0.25) is 14.4 Å². The number of hydrogen-bond donors (Lipinski definition) is 4. The highest BCUT2D eigenvalue weighted by Gasteiger charge is 2.62. The third-order valence-electron chi connectivity index (χ3n) is 8.15. The second kappa shape index (κ2) is 12.3. The first kappa shape index (κ1) is 29.6. The van der Waals surface area contributed by atoms with Gasteiger partial charge in [-0.1, -0.05) is 45.8 Å². The lowest BCUT2D eigenvalue weighted by Crippen LogP contribution is -2.61. The van der Waals surface area contributed by atoms with Crippen molar-refractivity contribution in [1.29, 1.82) is 0 Å². The van der Waals surface area contributed by atoms with Crippen LogP contribution in [0, 0.1) is 17.8 Å². The summed E-state index contributed by atoms with van der Waals surface area (Å²) < 4.78 is 0. The molecule has 0 aromatic rings. The summed E-state index contributed by atoms with van der Waals surface area (Å²) in [5.41, 5.74) is -2.56. The van der Waals surface area contributed by atoms with Crippen molar-refractivity contribution < 1.29 is 29.1 Å². The lowest BCUT2D eigenvalue weighted by atomic mass is 9.96. The van der Waals surface area contributed by atoms with Crippen LogP contribution in [0.1, 0.15) is 85.5 Å². The highest BCUT2D eigenvalue weighted by molar-refractivity contribution is 5.98. The summed E-state index contributed by atoms with van der Waals surface area (Å²) >= 11 is 0. The Kier molecular flexibility index (Phi) is 9.59. The van der Waals surface area contributed by atoms with Gasteiger partial charge in [0.15, 0.2) is 5.78 Å². The third kappa shape index (κ3) is 6.74. The molecule has 0 aromatic heterocycles. The van der Waals surface area contributed by atoms with Gasteiger partial charge in [0.25, 0.3) is 0 Å². The zero-order valence-corrected chi connectivity index (χ0v) is 23.2. The zero-order chi connectivity index (χ0) is 28.1. The van der Waals surface area contributed by atoms with E-state index in [1.54, 1.807) is 6.92 Å². The second-order valence-corrected chi connectivity index (χ2v) is 11.6. The molecule has 0 spiro atoms. The molecule has 38 heavy (non-hydrogen) atoms. The van der Waals surface area contributed by atoms with Crippen LogP contribution in [0.5, 0.6) is 0 Å². The van der Waals surface area contributed by atoms with Crippen molar-refractivity contribution in [2.24, 2.45) is 17.8 Å². The van der Waals surface area contributed by atoms with Crippen LogP contribution in [-0.4, -0.2) is 69.8 Å². The molecule has 10 nitrogen and oxygen atoms in total. The summed E-state index contributed by atoms with van der Waals surface area (Å²) in [5, 5.41) is 17.9. The number of rotatable bonds is 14. The van der Waals surface area contributed by atoms with Gasteiger partial charge in [-0.25, -0.2) is 9.59 Å². The van der Waals surface area contributed by atoms with Gasteiger partial charge < -0.3 is 26.0 Å². The van der Waals surface area contributed by atoms with E-state index >= 15 is 0 Å². The molecule has 1 aliphatic heterocycles. The Hall–Kier alpha value is -2.91. The molecule has 1 saturated heterocycles. The molecule has 0 bridgehead atoms. The molecule has 10 heteroatoms.